The molecular formula is C85H152O17P2. The maximum atomic E-state index is 13.1. The predicted octanol–water partition coefficient (Wildman–Crippen LogP) is 24.6. The molecule has 0 aromatic heterocycles. The SMILES string of the molecule is CCCCC/C=C\C/C=C\C/C=C\C/C=C\C/C=C\CCC(=O)OC[C@H](COP(=O)(O)OC[C@@H](O)COP(=O)(O)OC[C@@H](COC(=O)CCCCCCC/C=C\CCCCCCCC)OC(=O)CCCCCCCCCCCCCCCCC)OC(=O)CCCCCCCCC/C=C\CCCCCC. The Morgan fingerprint density at radius 2 is 0.490 bits per heavy atom. The van der Waals surface area contributed by atoms with E-state index in [1.807, 2.05) is 12.2 Å². The summed E-state index contributed by atoms with van der Waals surface area (Å²) in [4.78, 5) is 73.1. The minimum Gasteiger partial charge on any atom is -0.462 e. The van der Waals surface area contributed by atoms with Crippen LogP contribution in [0.25, 0.3) is 0 Å². The van der Waals surface area contributed by atoms with Crippen LogP contribution >= 0.6 is 15.6 Å². The molecule has 604 valence electrons. The zero-order valence-electron chi connectivity index (χ0n) is 66.2. The molecule has 104 heavy (non-hydrogen) atoms. The molecular weight excluding hydrogens is 1350 g/mol. The molecule has 0 fully saturated rings. The van der Waals surface area contributed by atoms with Crippen molar-refractivity contribution in [3.63, 3.8) is 0 Å². The summed E-state index contributed by atoms with van der Waals surface area (Å²) in [5.41, 5.74) is 0. The fourth-order valence-electron chi connectivity index (χ4n) is 11.4. The van der Waals surface area contributed by atoms with Crippen molar-refractivity contribution in [3.8, 4) is 0 Å². The fourth-order valence-corrected chi connectivity index (χ4v) is 13.0. The van der Waals surface area contributed by atoms with Crippen molar-refractivity contribution in [1.82, 2.24) is 0 Å². The number of hydrogen-bond donors (Lipinski definition) is 3. The third kappa shape index (κ3) is 76.4. The van der Waals surface area contributed by atoms with Crippen molar-refractivity contribution in [1.29, 1.82) is 0 Å². The summed E-state index contributed by atoms with van der Waals surface area (Å²) < 4.78 is 68.6. The maximum Gasteiger partial charge on any atom is 0.472 e. The molecule has 3 N–H and O–H groups in total. The Labute approximate surface area is 634 Å². The number of carbonyl (C=O) groups is 4. The van der Waals surface area contributed by atoms with Crippen molar-refractivity contribution in [3.05, 3.63) is 85.1 Å². The highest BCUT2D eigenvalue weighted by Crippen LogP contribution is 2.45. The van der Waals surface area contributed by atoms with Gasteiger partial charge >= 0.3 is 39.5 Å². The maximum absolute atomic E-state index is 13.1. The van der Waals surface area contributed by atoms with Crippen molar-refractivity contribution < 1.29 is 80.2 Å². The summed E-state index contributed by atoms with van der Waals surface area (Å²) in [6.07, 6.45) is 81.3. The fraction of sp³-hybridized carbons (Fsp3) is 0.788. The quantitative estimate of drug-likeness (QED) is 0.0169. The summed E-state index contributed by atoms with van der Waals surface area (Å²) in [5, 5.41) is 10.7. The number of hydrogen-bond acceptors (Lipinski definition) is 15. The molecule has 0 saturated heterocycles. The van der Waals surface area contributed by atoms with Gasteiger partial charge in [-0.1, -0.05) is 318 Å². The highest BCUT2D eigenvalue weighted by Gasteiger charge is 2.30. The minimum absolute atomic E-state index is 0.0390. The molecule has 0 aromatic rings. The second-order valence-electron chi connectivity index (χ2n) is 28.1. The van der Waals surface area contributed by atoms with Crippen LogP contribution in [0.2, 0.25) is 0 Å². The van der Waals surface area contributed by atoms with Gasteiger partial charge in [0.25, 0.3) is 0 Å². The Morgan fingerprint density at radius 1 is 0.269 bits per heavy atom. The van der Waals surface area contributed by atoms with Gasteiger partial charge in [-0.3, -0.25) is 37.3 Å². The monoisotopic (exact) mass is 1510 g/mol. The lowest BCUT2D eigenvalue weighted by molar-refractivity contribution is -0.161. The highest BCUT2D eigenvalue weighted by atomic mass is 31.2. The van der Waals surface area contributed by atoms with Crippen molar-refractivity contribution in [2.45, 2.75) is 393 Å². The lowest BCUT2D eigenvalue weighted by atomic mass is 10.0. The van der Waals surface area contributed by atoms with E-state index >= 15 is 0 Å². The van der Waals surface area contributed by atoms with Crippen molar-refractivity contribution in [2.75, 3.05) is 39.6 Å². The van der Waals surface area contributed by atoms with Crippen LogP contribution in [0.15, 0.2) is 85.1 Å². The lowest BCUT2D eigenvalue weighted by Gasteiger charge is -2.21. The van der Waals surface area contributed by atoms with E-state index in [9.17, 15) is 43.2 Å². The van der Waals surface area contributed by atoms with Crippen LogP contribution in [0.1, 0.15) is 374 Å². The molecule has 0 radical (unpaired) electrons. The predicted molar refractivity (Wildman–Crippen MR) is 427 cm³/mol. The third-order valence-electron chi connectivity index (χ3n) is 17.8. The minimum atomic E-state index is -4.99. The molecule has 0 saturated carbocycles. The molecule has 0 amide bonds. The van der Waals surface area contributed by atoms with Crippen LogP contribution in [-0.2, 0) is 65.4 Å². The zero-order valence-corrected chi connectivity index (χ0v) is 68.0. The van der Waals surface area contributed by atoms with Gasteiger partial charge in [-0.05, 0) is 116 Å². The third-order valence-corrected chi connectivity index (χ3v) is 19.7. The van der Waals surface area contributed by atoms with Crippen LogP contribution in [0.5, 0.6) is 0 Å². The number of phosphoric ester groups is 2. The number of aliphatic hydroxyl groups is 1. The molecule has 0 aliphatic rings. The van der Waals surface area contributed by atoms with Crippen LogP contribution in [0.3, 0.4) is 0 Å². The smallest absolute Gasteiger partial charge is 0.462 e. The largest absolute Gasteiger partial charge is 0.472 e. The summed E-state index contributed by atoms with van der Waals surface area (Å²) in [7, 11) is -9.97. The molecule has 0 rings (SSSR count). The molecule has 17 nitrogen and oxygen atoms in total. The van der Waals surface area contributed by atoms with E-state index in [1.165, 1.54) is 148 Å². The van der Waals surface area contributed by atoms with E-state index in [-0.39, 0.29) is 25.7 Å². The number of aliphatic hydroxyl groups excluding tert-OH is 1. The molecule has 19 heteroatoms. The highest BCUT2D eigenvalue weighted by molar-refractivity contribution is 7.47. The Bertz CT molecular complexity index is 2300. The van der Waals surface area contributed by atoms with Gasteiger partial charge in [-0.2, -0.15) is 0 Å². The van der Waals surface area contributed by atoms with Gasteiger partial charge in [-0.25, -0.2) is 9.13 Å². The normalized spacial score (nSPS) is 14.3. The van der Waals surface area contributed by atoms with Crippen LogP contribution in [0.4, 0.5) is 0 Å². The molecule has 0 heterocycles. The number of esters is 4. The number of ether oxygens (including phenoxy) is 4. The topological polar surface area (TPSA) is 237 Å². The molecule has 0 aromatic carbocycles. The molecule has 0 bridgehead atoms. The Hall–Kier alpha value is -3.76. The second-order valence-corrected chi connectivity index (χ2v) is 31.0. The van der Waals surface area contributed by atoms with E-state index in [1.54, 1.807) is 0 Å². The Kier molecular flexibility index (Phi) is 74.6. The summed E-state index contributed by atoms with van der Waals surface area (Å²) in [5.74, 6) is -2.26. The molecule has 2 unspecified atom stereocenters. The first-order chi connectivity index (χ1) is 50.7. The summed E-state index contributed by atoms with van der Waals surface area (Å²) in [6.45, 7) is 4.81. The second kappa shape index (κ2) is 77.4. The standard InChI is InChI=1S/C85H152O17P2/c1-5-9-13-17-21-25-29-33-37-38-39-40-44-46-50-54-58-62-66-70-83(88)96-76-81(102-85(90)72-68-64-60-56-52-48-43-36-32-28-24-20-16-12-8-4)78-100-104(93,94)98-74-79(86)73-97-103(91,92)99-77-80(101-84(89)71-67-63-59-55-51-47-42-35-31-27-23-19-15-11-7-3)75-95-82(87)69-65-61-57-53-49-45-41-34-30-26-22-18-14-10-6-2/h21,25,28,32-34,37,39-41,46,50,58,62,79-81,86H,5-20,22-24,26-27,29-31,35-36,38,42-45,47-49,51-57,59-61,63-78H2,1-4H3,(H,91,92)(H,93,94)/b25-21-,32-28-,37-33-,40-39-,41-34-,50-46-,62-58-/t79-,80+,81+/m0/s1. The lowest BCUT2D eigenvalue weighted by Crippen LogP contribution is -2.30. The van der Waals surface area contributed by atoms with E-state index < -0.39 is 97.5 Å². The zero-order chi connectivity index (χ0) is 76.0. The van der Waals surface area contributed by atoms with Crippen LogP contribution in [-0.4, -0.2) is 96.7 Å². The Morgan fingerprint density at radius 3 is 0.817 bits per heavy atom. The molecule has 0 aliphatic heterocycles. The van der Waals surface area contributed by atoms with Crippen LogP contribution in [0, 0.1) is 0 Å². The van der Waals surface area contributed by atoms with Gasteiger partial charge in [0.2, 0.25) is 0 Å². The van der Waals surface area contributed by atoms with Gasteiger partial charge in [0.15, 0.2) is 12.2 Å². The van der Waals surface area contributed by atoms with E-state index in [4.69, 9.17) is 37.0 Å². The average Bonchev–Trinajstić information content (AvgIpc) is 0.918. The Balaban J connectivity index is 5.40. The van der Waals surface area contributed by atoms with Gasteiger partial charge in [-0.15, -0.1) is 0 Å². The van der Waals surface area contributed by atoms with Gasteiger partial charge in [0.1, 0.15) is 19.3 Å². The van der Waals surface area contributed by atoms with Gasteiger partial charge in [0, 0.05) is 25.7 Å². The summed E-state index contributed by atoms with van der Waals surface area (Å²) >= 11 is 0. The van der Waals surface area contributed by atoms with Gasteiger partial charge < -0.3 is 33.8 Å². The average molecular weight is 1510 g/mol. The molecule has 0 aliphatic carbocycles. The van der Waals surface area contributed by atoms with E-state index in [2.05, 4.69) is 101 Å². The number of carbonyl (C=O) groups excluding carboxylic acids is 4. The van der Waals surface area contributed by atoms with Crippen molar-refractivity contribution >= 4 is 39.5 Å². The number of unbranched alkanes of at least 4 members (excludes halogenated alkanes) is 39. The van der Waals surface area contributed by atoms with Crippen LogP contribution < -0.4 is 0 Å². The van der Waals surface area contributed by atoms with E-state index in [0.29, 0.717) is 32.1 Å². The van der Waals surface area contributed by atoms with Crippen molar-refractivity contribution in [2.24, 2.45) is 0 Å². The molecule has 0 spiro atoms. The number of rotatable bonds is 79. The van der Waals surface area contributed by atoms with Gasteiger partial charge in [0.05, 0.1) is 26.4 Å². The number of allylic oxidation sites excluding steroid dienone is 14. The first-order valence-electron chi connectivity index (χ1n) is 41.8. The number of phosphoric acid groups is 2. The molecule has 5 atom stereocenters. The first-order valence-corrected chi connectivity index (χ1v) is 44.8. The summed E-state index contributed by atoms with van der Waals surface area (Å²) in [6, 6.07) is 0. The van der Waals surface area contributed by atoms with E-state index in [0.717, 1.165) is 141 Å². The first kappa shape index (κ1) is 100.